The quantitative estimate of drug-likeness (QED) is 0.871. The maximum Gasteiger partial charge on any atom is 0.411 e. The van der Waals surface area contributed by atoms with Crippen molar-refractivity contribution in [3.05, 3.63) is 59.1 Å². The first-order valence-corrected chi connectivity index (χ1v) is 7.57. The molecule has 0 aromatic heterocycles. The van der Waals surface area contributed by atoms with Gasteiger partial charge in [0.05, 0.1) is 7.11 Å². The number of hydrogen-bond donors (Lipinski definition) is 2. The number of rotatable bonds is 4. The Hall–Kier alpha value is -2.73. The maximum atomic E-state index is 12.2. The van der Waals surface area contributed by atoms with E-state index in [2.05, 4.69) is 15.4 Å². The van der Waals surface area contributed by atoms with Gasteiger partial charge in [0, 0.05) is 30.0 Å². The summed E-state index contributed by atoms with van der Waals surface area (Å²) in [5, 5.41) is 5.98. The Morgan fingerprint density at radius 1 is 1.00 bits per heavy atom. The summed E-state index contributed by atoms with van der Waals surface area (Å²) in [7, 11) is 3.00. The molecular formula is C17H18ClN3O3. The van der Waals surface area contributed by atoms with Crippen LogP contribution in [0.3, 0.4) is 0 Å². The van der Waals surface area contributed by atoms with Crippen molar-refractivity contribution in [3.8, 4) is 0 Å². The summed E-state index contributed by atoms with van der Waals surface area (Å²) in [6.45, 7) is 0.463. The first-order valence-electron chi connectivity index (χ1n) is 7.19. The van der Waals surface area contributed by atoms with Crippen LogP contribution in [0.25, 0.3) is 0 Å². The van der Waals surface area contributed by atoms with E-state index in [0.29, 0.717) is 22.9 Å². The molecule has 24 heavy (non-hydrogen) atoms. The monoisotopic (exact) mass is 347 g/mol. The zero-order valence-corrected chi connectivity index (χ0v) is 14.1. The SMILES string of the molecule is COC(=O)Nc1ccc(NC(=O)N(C)Cc2ccc(Cl)cc2)cc1. The molecule has 0 bridgehead atoms. The zero-order chi connectivity index (χ0) is 17.5. The van der Waals surface area contributed by atoms with Crippen molar-refractivity contribution < 1.29 is 14.3 Å². The molecule has 2 aromatic carbocycles. The van der Waals surface area contributed by atoms with Gasteiger partial charge in [0.25, 0.3) is 0 Å². The van der Waals surface area contributed by atoms with E-state index in [4.69, 9.17) is 11.6 Å². The molecule has 3 amide bonds. The lowest BCUT2D eigenvalue weighted by atomic mass is 10.2. The van der Waals surface area contributed by atoms with Gasteiger partial charge in [-0.05, 0) is 42.0 Å². The number of amides is 3. The molecule has 2 aromatic rings. The zero-order valence-electron chi connectivity index (χ0n) is 13.4. The van der Waals surface area contributed by atoms with E-state index in [9.17, 15) is 9.59 Å². The van der Waals surface area contributed by atoms with Gasteiger partial charge in [0.15, 0.2) is 0 Å². The summed E-state index contributed by atoms with van der Waals surface area (Å²) < 4.78 is 4.51. The highest BCUT2D eigenvalue weighted by molar-refractivity contribution is 6.30. The average molecular weight is 348 g/mol. The third kappa shape index (κ3) is 5.17. The third-order valence-electron chi connectivity index (χ3n) is 3.25. The molecule has 2 rings (SSSR count). The highest BCUT2D eigenvalue weighted by Gasteiger charge is 2.09. The van der Waals surface area contributed by atoms with Crippen LogP contribution in [0.5, 0.6) is 0 Å². The summed E-state index contributed by atoms with van der Waals surface area (Å²) in [5.41, 5.74) is 2.18. The fourth-order valence-corrected chi connectivity index (χ4v) is 2.09. The number of nitrogens with one attached hydrogen (secondary N) is 2. The average Bonchev–Trinajstić information content (AvgIpc) is 2.58. The molecule has 0 aliphatic heterocycles. The Bertz CT molecular complexity index is 702. The Labute approximate surface area is 145 Å². The van der Waals surface area contributed by atoms with Crippen LogP contribution in [-0.4, -0.2) is 31.2 Å². The molecule has 6 nitrogen and oxygen atoms in total. The van der Waals surface area contributed by atoms with Crippen LogP contribution in [0.2, 0.25) is 5.02 Å². The van der Waals surface area contributed by atoms with E-state index in [-0.39, 0.29) is 6.03 Å². The number of halogens is 1. The van der Waals surface area contributed by atoms with Crippen LogP contribution in [-0.2, 0) is 11.3 Å². The van der Waals surface area contributed by atoms with Crippen LogP contribution < -0.4 is 10.6 Å². The molecule has 0 radical (unpaired) electrons. The fraction of sp³-hybridized carbons (Fsp3) is 0.176. The molecule has 2 N–H and O–H groups in total. The first-order chi connectivity index (χ1) is 11.5. The van der Waals surface area contributed by atoms with Crippen molar-refractivity contribution in [3.63, 3.8) is 0 Å². The number of anilines is 2. The lowest BCUT2D eigenvalue weighted by Crippen LogP contribution is -2.30. The standard InChI is InChI=1S/C17H18ClN3O3/c1-21(11-12-3-5-13(18)6-4-12)16(22)19-14-7-9-15(10-8-14)20-17(23)24-2/h3-10H,11H2,1-2H3,(H,19,22)(H,20,23). The van der Waals surface area contributed by atoms with Crippen molar-refractivity contribution >= 4 is 35.1 Å². The Morgan fingerprint density at radius 3 is 2.08 bits per heavy atom. The molecule has 0 spiro atoms. The molecule has 0 unspecified atom stereocenters. The molecule has 0 saturated carbocycles. The largest absolute Gasteiger partial charge is 0.453 e. The summed E-state index contributed by atoms with van der Waals surface area (Å²) >= 11 is 5.84. The van der Waals surface area contributed by atoms with E-state index >= 15 is 0 Å². The van der Waals surface area contributed by atoms with E-state index in [1.54, 1.807) is 48.3 Å². The summed E-state index contributed by atoms with van der Waals surface area (Å²) in [6.07, 6.45) is -0.547. The second-order valence-electron chi connectivity index (χ2n) is 5.11. The highest BCUT2D eigenvalue weighted by atomic mass is 35.5. The third-order valence-corrected chi connectivity index (χ3v) is 3.50. The minimum atomic E-state index is -0.547. The smallest absolute Gasteiger partial charge is 0.411 e. The predicted octanol–water partition coefficient (Wildman–Crippen LogP) is 4.18. The summed E-state index contributed by atoms with van der Waals surface area (Å²) in [4.78, 5) is 24.9. The van der Waals surface area contributed by atoms with Gasteiger partial charge in [0.2, 0.25) is 0 Å². The van der Waals surface area contributed by atoms with Gasteiger partial charge in [-0.1, -0.05) is 23.7 Å². The van der Waals surface area contributed by atoms with Gasteiger partial charge in [-0.3, -0.25) is 5.32 Å². The van der Waals surface area contributed by atoms with Crippen molar-refractivity contribution in [2.24, 2.45) is 0 Å². The number of methoxy groups -OCH3 is 1. The van der Waals surface area contributed by atoms with Gasteiger partial charge < -0.3 is 15.0 Å². The maximum absolute atomic E-state index is 12.2. The van der Waals surface area contributed by atoms with Gasteiger partial charge in [0.1, 0.15) is 0 Å². The van der Waals surface area contributed by atoms with E-state index < -0.39 is 6.09 Å². The Kier molecular flexibility index (Phi) is 6.03. The van der Waals surface area contributed by atoms with Gasteiger partial charge in [-0.15, -0.1) is 0 Å². The van der Waals surface area contributed by atoms with Crippen LogP contribution >= 0.6 is 11.6 Å². The van der Waals surface area contributed by atoms with E-state index in [1.807, 2.05) is 12.1 Å². The van der Waals surface area contributed by atoms with Crippen LogP contribution in [0.1, 0.15) is 5.56 Å². The molecular weight excluding hydrogens is 330 g/mol. The van der Waals surface area contributed by atoms with Crippen LogP contribution in [0.15, 0.2) is 48.5 Å². The number of hydrogen-bond acceptors (Lipinski definition) is 3. The van der Waals surface area contributed by atoms with Crippen LogP contribution in [0, 0.1) is 0 Å². The highest BCUT2D eigenvalue weighted by Crippen LogP contribution is 2.15. The molecule has 0 fully saturated rings. The molecule has 7 heteroatoms. The lowest BCUT2D eigenvalue weighted by molar-refractivity contribution is 0.187. The number of benzene rings is 2. The summed E-state index contributed by atoms with van der Waals surface area (Å²) in [5.74, 6) is 0. The van der Waals surface area contributed by atoms with Crippen LogP contribution in [0.4, 0.5) is 21.0 Å². The molecule has 0 saturated heterocycles. The molecule has 0 heterocycles. The summed E-state index contributed by atoms with van der Waals surface area (Å²) in [6, 6.07) is 13.8. The first kappa shape index (κ1) is 17.6. The minimum Gasteiger partial charge on any atom is -0.453 e. The minimum absolute atomic E-state index is 0.237. The van der Waals surface area contributed by atoms with Crippen molar-refractivity contribution in [1.29, 1.82) is 0 Å². The van der Waals surface area contributed by atoms with E-state index in [0.717, 1.165) is 5.56 Å². The second-order valence-corrected chi connectivity index (χ2v) is 5.54. The van der Waals surface area contributed by atoms with E-state index in [1.165, 1.54) is 7.11 Å². The molecule has 0 aliphatic rings. The Morgan fingerprint density at radius 2 is 1.54 bits per heavy atom. The number of carbonyl (C=O) groups excluding carboxylic acids is 2. The van der Waals surface area contributed by atoms with Crippen molar-refractivity contribution in [1.82, 2.24) is 4.90 Å². The van der Waals surface area contributed by atoms with Crippen molar-refractivity contribution in [2.75, 3.05) is 24.8 Å². The van der Waals surface area contributed by atoms with Gasteiger partial charge in [-0.25, -0.2) is 9.59 Å². The number of ether oxygens (including phenoxy) is 1. The second kappa shape index (κ2) is 8.21. The van der Waals surface area contributed by atoms with Gasteiger partial charge in [-0.2, -0.15) is 0 Å². The Balaban J connectivity index is 1.91. The lowest BCUT2D eigenvalue weighted by Gasteiger charge is -2.18. The normalized spacial score (nSPS) is 9.96. The number of nitrogens with zero attached hydrogens (tertiary/aromatic N) is 1. The molecule has 0 aliphatic carbocycles. The number of carbonyl (C=O) groups is 2. The molecule has 126 valence electrons. The van der Waals surface area contributed by atoms with Gasteiger partial charge >= 0.3 is 12.1 Å². The molecule has 0 atom stereocenters. The number of urea groups is 1. The van der Waals surface area contributed by atoms with Crippen molar-refractivity contribution in [2.45, 2.75) is 6.54 Å². The topological polar surface area (TPSA) is 70.7 Å². The predicted molar refractivity (Wildman–Crippen MR) is 94.4 cm³/mol. The fourth-order valence-electron chi connectivity index (χ4n) is 1.96.